The lowest BCUT2D eigenvalue weighted by Crippen LogP contribution is -2.42. The number of anilines is 1. The van der Waals surface area contributed by atoms with Gasteiger partial charge in [0.15, 0.2) is 5.82 Å². The Hall–Kier alpha value is -3.33. The predicted molar refractivity (Wildman–Crippen MR) is 125 cm³/mol. The van der Waals surface area contributed by atoms with Crippen LogP contribution in [-0.2, 0) is 0 Å². The minimum atomic E-state index is 0.134. The molecule has 3 atom stereocenters. The van der Waals surface area contributed by atoms with Crippen LogP contribution in [0.15, 0.2) is 48.8 Å². The summed E-state index contributed by atoms with van der Waals surface area (Å²) in [6.07, 6.45) is 9.94. The number of benzene rings is 1. The first-order chi connectivity index (χ1) is 15.3. The van der Waals surface area contributed by atoms with Crippen molar-refractivity contribution < 1.29 is 5.11 Å². The van der Waals surface area contributed by atoms with Gasteiger partial charge in [0.25, 0.3) is 0 Å². The number of phenolic OH excluding ortho intramolecular Hbond substituents is 1. The van der Waals surface area contributed by atoms with E-state index in [1.165, 1.54) is 32.1 Å². The summed E-state index contributed by atoms with van der Waals surface area (Å²) in [6.45, 7) is 4.88. The Morgan fingerprint density at radius 3 is 2.44 bits per heavy atom. The van der Waals surface area contributed by atoms with Crippen molar-refractivity contribution in [2.24, 2.45) is 10.8 Å². The molecule has 0 aliphatic heterocycles. The fraction of sp³-hybridized carbons (Fsp3) is 0.423. The number of nitriles is 1. The lowest BCUT2D eigenvalue weighted by Gasteiger charge is -2.44. The molecule has 2 saturated carbocycles. The number of aromatic hydroxyl groups is 1. The Bertz CT molecular complexity index is 1180. The van der Waals surface area contributed by atoms with Crippen LogP contribution >= 0.6 is 0 Å². The van der Waals surface area contributed by atoms with E-state index in [9.17, 15) is 5.11 Å². The smallest absolute Gasteiger partial charge is 0.151 e. The first kappa shape index (κ1) is 20.6. The van der Waals surface area contributed by atoms with Crippen LogP contribution in [0, 0.1) is 22.2 Å². The normalized spacial score (nSPS) is 26.6. The molecule has 0 radical (unpaired) electrons. The van der Waals surface area contributed by atoms with Crippen LogP contribution in [0.3, 0.4) is 0 Å². The third-order valence-electron chi connectivity index (χ3n) is 7.58. The molecule has 1 N–H and O–H groups in total. The minimum absolute atomic E-state index is 0.134. The van der Waals surface area contributed by atoms with E-state index >= 15 is 0 Å². The van der Waals surface area contributed by atoms with Crippen LogP contribution in [0.1, 0.15) is 51.5 Å². The third-order valence-corrected chi connectivity index (χ3v) is 7.58. The lowest BCUT2D eigenvalue weighted by molar-refractivity contribution is 0.148. The number of nitrogens with zero attached hydrogens (tertiary/aromatic N) is 5. The summed E-state index contributed by atoms with van der Waals surface area (Å²) >= 11 is 0. The Balaban J connectivity index is 1.35. The second kappa shape index (κ2) is 7.37. The van der Waals surface area contributed by atoms with Crippen LogP contribution in [-0.4, -0.2) is 33.0 Å². The summed E-state index contributed by atoms with van der Waals surface area (Å²) in [6, 6.07) is 13.7. The number of phenols is 1. The lowest BCUT2D eigenvalue weighted by atomic mass is 9.68. The molecule has 2 aliphatic rings. The maximum Gasteiger partial charge on any atom is 0.151 e. The molecule has 2 aromatic heterocycles. The molecule has 0 unspecified atom stereocenters. The summed E-state index contributed by atoms with van der Waals surface area (Å²) in [4.78, 5) is 2.29. The summed E-state index contributed by atoms with van der Waals surface area (Å²) in [5.41, 5.74) is 3.53. The minimum Gasteiger partial charge on any atom is -0.507 e. The van der Waals surface area contributed by atoms with E-state index in [0.717, 1.165) is 11.5 Å². The zero-order chi connectivity index (χ0) is 22.5. The Morgan fingerprint density at radius 2 is 1.84 bits per heavy atom. The fourth-order valence-corrected chi connectivity index (χ4v) is 6.01. The van der Waals surface area contributed by atoms with Crippen molar-refractivity contribution in [3.63, 3.8) is 0 Å². The highest BCUT2D eigenvalue weighted by Gasteiger charge is 2.49. The molecule has 2 heterocycles. The highest BCUT2D eigenvalue weighted by molar-refractivity contribution is 5.69. The van der Waals surface area contributed by atoms with Crippen LogP contribution in [0.25, 0.3) is 16.9 Å². The van der Waals surface area contributed by atoms with Crippen molar-refractivity contribution in [3.05, 3.63) is 54.4 Å². The maximum absolute atomic E-state index is 10.6. The molecule has 5 rings (SSSR count). The highest BCUT2D eigenvalue weighted by Crippen LogP contribution is 2.58. The maximum atomic E-state index is 10.6. The van der Waals surface area contributed by atoms with E-state index in [4.69, 9.17) is 5.26 Å². The van der Waals surface area contributed by atoms with Gasteiger partial charge in [0.2, 0.25) is 0 Å². The van der Waals surface area contributed by atoms with Gasteiger partial charge in [0, 0.05) is 42.8 Å². The van der Waals surface area contributed by atoms with Gasteiger partial charge in [0.1, 0.15) is 11.8 Å². The number of fused-ring (bicyclic) bond motifs is 2. The van der Waals surface area contributed by atoms with Gasteiger partial charge in [-0.3, -0.25) is 0 Å². The van der Waals surface area contributed by atoms with Gasteiger partial charge in [-0.2, -0.15) is 5.26 Å². The molecule has 2 aliphatic carbocycles. The van der Waals surface area contributed by atoms with Gasteiger partial charge in [-0.05, 0) is 73.3 Å². The van der Waals surface area contributed by atoms with Crippen molar-refractivity contribution in [1.82, 2.24) is 14.8 Å². The zero-order valence-electron chi connectivity index (χ0n) is 18.9. The monoisotopic (exact) mass is 427 g/mol. The average molecular weight is 428 g/mol. The van der Waals surface area contributed by atoms with Crippen LogP contribution in [0.5, 0.6) is 5.75 Å². The van der Waals surface area contributed by atoms with E-state index in [1.807, 2.05) is 28.8 Å². The second-order valence-electron chi connectivity index (χ2n) is 10.4. The van der Waals surface area contributed by atoms with Crippen LogP contribution in [0.4, 0.5) is 5.82 Å². The number of aromatic nitrogens is 3. The van der Waals surface area contributed by atoms with E-state index in [0.29, 0.717) is 33.7 Å². The predicted octanol–water partition coefficient (Wildman–Crippen LogP) is 5.31. The third kappa shape index (κ3) is 3.62. The highest BCUT2D eigenvalue weighted by atomic mass is 16.3. The van der Waals surface area contributed by atoms with Gasteiger partial charge < -0.3 is 14.6 Å². The average Bonchev–Trinajstić information content (AvgIpc) is 3.34. The topological polar surface area (TPSA) is 78.0 Å². The molecule has 0 amide bonds. The fourth-order valence-electron chi connectivity index (χ4n) is 6.01. The zero-order valence-corrected chi connectivity index (χ0v) is 18.9. The largest absolute Gasteiger partial charge is 0.507 e. The quantitative estimate of drug-likeness (QED) is 0.611. The van der Waals surface area contributed by atoms with E-state index in [-0.39, 0.29) is 5.75 Å². The van der Waals surface area contributed by atoms with Crippen molar-refractivity contribution in [1.29, 1.82) is 5.26 Å². The Kier molecular flexibility index (Phi) is 4.74. The Morgan fingerprint density at radius 1 is 1.09 bits per heavy atom. The summed E-state index contributed by atoms with van der Waals surface area (Å²) in [5.74, 6) is 1.01. The molecule has 1 aromatic carbocycles. The Labute approximate surface area is 189 Å². The van der Waals surface area contributed by atoms with E-state index < -0.39 is 0 Å². The number of rotatable bonds is 4. The number of hydrogen-bond donors (Lipinski definition) is 1. The second-order valence-corrected chi connectivity index (χ2v) is 10.4. The first-order valence-corrected chi connectivity index (χ1v) is 11.3. The SMILES string of the molecule is CN(c1ccc(-c2ccc(-n3ccc(C#N)c3)cc2O)nn1)[C@H]1C[C@]2(C)CC[C@](C)(C1)C2. The molecule has 2 bridgehead atoms. The van der Waals surface area contributed by atoms with Crippen molar-refractivity contribution in [2.75, 3.05) is 11.9 Å². The molecule has 6 heteroatoms. The summed E-state index contributed by atoms with van der Waals surface area (Å²) in [7, 11) is 2.13. The molecule has 164 valence electrons. The van der Waals surface area contributed by atoms with Gasteiger partial charge >= 0.3 is 0 Å². The molecule has 6 nitrogen and oxygen atoms in total. The summed E-state index contributed by atoms with van der Waals surface area (Å²) < 4.78 is 1.81. The molecule has 0 spiro atoms. The molecular formula is C26H29N5O. The number of hydrogen-bond acceptors (Lipinski definition) is 5. The van der Waals surface area contributed by atoms with Gasteiger partial charge in [-0.15, -0.1) is 10.2 Å². The standard InChI is InChI=1S/C26H29N5O/c1-25-9-10-26(2,17-25)14-20(13-25)30(3)24-7-6-22(28-29-24)21-5-4-19(12-23(21)32)31-11-8-18(15-27)16-31/h4-8,11-12,16,20,32H,9-10,13-14,17H2,1-3H3/t20-,25-,26+. The van der Waals surface area contributed by atoms with Gasteiger partial charge in [-0.25, -0.2) is 0 Å². The van der Waals surface area contributed by atoms with E-state index in [2.05, 4.69) is 42.1 Å². The van der Waals surface area contributed by atoms with Crippen molar-refractivity contribution in [2.45, 2.75) is 52.0 Å². The first-order valence-electron chi connectivity index (χ1n) is 11.3. The molecule has 0 saturated heterocycles. The van der Waals surface area contributed by atoms with Crippen LogP contribution < -0.4 is 4.90 Å². The van der Waals surface area contributed by atoms with Crippen molar-refractivity contribution >= 4 is 5.82 Å². The van der Waals surface area contributed by atoms with Crippen LogP contribution in [0.2, 0.25) is 0 Å². The molecule has 2 fully saturated rings. The summed E-state index contributed by atoms with van der Waals surface area (Å²) in [5, 5.41) is 28.6. The molecule has 3 aromatic rings. The molecular weight excluding hydrogens is 398 g/mol. The van der Waals surface area contributed by atoms with Gasteiger partial charge in [-0.1, -0.05) is 13.8 Å². The van der Waals surface area contributed by atoms with Crippen molar-refractivity contribution in [3.8, 4) is 28.8 Å². The molecule has 32 heavy (non-hydrogen) atoms. The van der Waals surface area contributed by atoms with Gasteiger partial charge in [0.05, 0.1) is 11.3 Å². The van der Waals surface area contributed by atoms with E-state index in [1.54, 1.807) is 24.5 Å².